The van der Waals surface area contributed by atoms with E-state index in [1.165, 1.54) is 16.2 Å². The van der Waals surface area contributed by atoms with Crippen molar-refractivity contribution < 1.29 is 9.90 Å². The number of nitrogens with one attached hydrogen (secondary N) is 1. The second kappa shape index (κ2) is 8.22. The maximum atomic E-state index is 11.8. The number of rotatable bonds is 7. The van der Waals surface area contributed by atoms with E-state index >= 15 is 0 Å². The van der Waals surface area contributed by atoms with E-state index in [1.54, 1.807) is 11.8 Å². The van der Waals surface area contributed by atoms with E-state index in [2.05, 4.69) is 5.32 Å². The zero-order chi connectivity index (χ0) is 15.1. The molecule has 0 unspecified atom stereocenters. The van der Waals surface area contributed by atoms with Gasteiger partial charge in [0.05, 0.1) is 0 Å². The largest absolute Gasteiger partial charge is 0.386 e. The Morgan fingerprint density at radius 1 is 1.33 bits per heavy atom. The van der Waals surface area contributed by atoms with Crippen molar-refractivity contribution in [2.45, 2.75) is 24.3 Å². The van der Waals surface area contributed by atoms with Crippen molar-refractivity contribution in [1.82, 2.24) is 5.32 Å². The highest BCUT2D eigenvalue weighted by molar-refractivity contribution is 7.99. The average molecular weight is 321 g/mol. The second-order valence-electron chi connectivity index (χ2n) is 4.70. The van der Waals surface area contributed by atoms with E-state index in [-0.39, 0.29) is 12.5 Å². The van der Waals surface area contributed by atoms with Crippen molar-refractivity contribution in [2.24, 2.45) is 0 Å². The molecule has 0 bridgehead atoms. The van der Waals surface area contributed by atoms with Crippen LogP contribution in [0.15, 0.2) is 46.7 Å². The van der Waals surface area contributed by atoms with Crippen LogP contribution in [0.2, 0.25) is 0 Å². The lowest BCUT2D eigenvalue weighted by atomic mass is 10.2. The number of amides is 1. The van der Waals surface area contributed by atoms with Gasteiger partial charge in [-0.1, -0.05) is 18.2 Å². The summed E-state index contributed by atoms with van der Waals surface area (Å²) in [6.07, 6.45) is -0.161. The normalized spacial score (nSPS) is 12.1. The third-order valence-electron chi connectivity index (χ3n) is 3.04. The fraction of sp³-hybridized carbons (Fsp3) is 0.312. The number of hydrogen-bond donors (Lipinski definition) is 2. The molecular formula is C16H19NO2S2. The van der Waals surface area contributed by atoms with Crippen molar-refractivity contribution in [2.75, 3.05) is 12.3 Å². The molecule has 1 atom stereocenters. The van der Waals surface area contributed by atoms with E-state index in [0.29, 0.717) is 6.42 Å². The van der Waals surface area contributed by atoms with Gasteiger partial charge in [-0.25, -0.2) is 0 Å². The van der Waals surface area contributed by atoms with E-state index < -0.39 is 6.10 Å². The first-order valence-electron chi connectivity index (χ1n) is 6.83. The van der Waals surface area contributed by atoms with E-state index in [9.17, 15) is 9.90 Å². The minimum atomic E-state index is -0.615. The summed E-state index contributed by atoms with van der Waals surface area (Å²) in [5.41, 5.74) is 1.07. The van der Waals surface area contributed by atoms with Crippen LogP contribution >= 0.6 is 23.1 Å². The molecule has 1 amide bonds. The van der Waals surface area contributed by atoms with Crippen molar-refractivity contribution in [3.05, 3.63) is 52.2 Å². The molecule has 0 fully saturated rings. The van der Waals surface area contributed by atoms with E-state index in [0.717, 1.165) is 16.2 Å². The fourth-order valence-electron chi connectivity index (χ4n) is 1.90. The second-order valence-corrected chi connectivity index (χ2v) is 6.82. The van der Waals surface area contributed by atoms with Gasteiger partial charge in [0.2, 0.25) is 5.91 Å². The smallest absolute Gasteiger partial charge is 0.220 e. The predicted molar refractivity (Wildman–Crippen MR) is 88.8 cm³/mol. The summed E-state index contributed by atoms with van der Waals surface area (Å²) in [6.45, 7) is 2.24. The number of aryl methyl sites for hydroxylation is 1. The van der Waals surface area contributed by atoms with Crippen LogP contribution < -0.4 is 5.32 Å². The molecule has 112 valence electrons. The zero-order valence-electron chi connectivity index (χ0n) is 11.9. The molecule has 0 aliphatic carbocycles. The van der Waals surface area contributed by atoms with Gasteiger partial charge in [-0.15, -0.1) is 23.1 Å². The molecule has 0 aliphatic rings. The van der Waals surface area contributed by atoms with Gasteiger partial charge in [-0.05, 0) is 36.1 Å². The molecule has 3 nitrogen and oxygen atoms in total. The van der Waals surface area contributed by atoms with Gasteiger partial charge in [-0.2, -0.15) is 0 Å². The number of benzene rings is 1. The Bertz CT molecular complexity index is 569. The lowest BCUT2D eigenvalue weighted by Gasteiger charge is -2.11. The molecule has 1 aromatic carbocycles. The molecule has 0 spiro atoms. The van der Waals surface area contributed by atoms with Crippen molar-refractivity contribution in [1.29, 1.82) is 0 Å². The summed E-state index contributed by atoms with van der Waals surface area (Å²) in [6, 6.07) is 12.0. The Kier molecular flexibility index (Phi) is 6.29. The van der Waals surface area contributed by atoms with Crippen LogP contribution in [0.5, 0.6) is 0 Å². The first kappa shape index (κ1) is 16.1. The van der Waals surface area contributed by atoms with Gasteiger partial charge in [0.15, 0.2) is 0 Å². The monoisotopic (exact) mass is 321 g/mol. The van der Waals surface area contributed by atoms with E-state index in [4.69, 9.17) is 0 Å². The van der Waals surface area contributed by atoms with Gasteiger partial charge in [0, 0.05) is 28.5 Å². The minimum Gasteiger partial charge on any atom is -0.386 e. The van der Waals surface area contributed by atoms with Crippen molar-refractivity contribution >= 4 is 29.0 Å². The maximum Gasteiger partial charge on any atom is 0.220 e. The van der Waals surface area contributed by atoms with Crippen LogP contribution in [0.25, 0.3) is 0 Å². The molecule has 1 aromatic heterocycles. The Morgan fingerprint density at radius 3 is 2.76 bits per heavy atom. The Balaban J connectivity index is 1.67. The summed E-state index contributed by atoms with van der Waals surface area (Å²) in [5.74, 6) is 0.718. The number of thiophene rings is 1. The van der Waals surface area contributed by atoms with Crippen LogP contribution in [0.3, 0.4) is 0 Å². The van der Waals surface area contributed by atoms with Crippen LogP contribution in [0.1, 0.15) is 23.0 Å². The third kappa shape index (κ3) is 5.19. The molecule has 0 radical (unpaired) electrons. The third-order valence-corrected chi connectivity index (χ3v) is 5.17. The first-order valence-corrected chi connectivity index (χ1v) is 8.70. The van der Waals surface area contributed by atoms with Crippen LogP contribution in [-0.4, -0.2) is 23.3 Å². The summed E-state index contributed by atoms with van der Waals surface area (Å²) >= 11 is 3.18. The number of hydrogen-bond acceptors (Lipinski definition) is 4. The first-order chi connectivity index (χ1) is 10.2. The van der Waals surface area contributed by atoms with Crippen LogP contribution in [0, 0.1) is 6.92 Å². The molecular weight excluding hydrogens is 302 g/mol. The maximum absolute atomic E-state index is 11.8. The van der Waals surface area contributed by atoms with Gasteiger partial charge < -0.3 is 10.4 Å². The molecule has 2 N–H and O–H groups in total. The number of carbonyl (C=O) groups excluding carboxylic acids is 1. The zero-order valence-corrected chi connectivity index (χ0v) is 13.5. The lowest BCUT2D eigenvalue weighted by Crippen LogP contribution is -2.28. The summed E-state index contributed by atoms with van der Waals surface area (Å²) in [4.78, 5) is 13.9. The Labute approximate surface area is 133 Å². The fourth-order valence-corrected chi connectivity index (χ4v) is 3.68. The number of aliphatic hydroxyl groups excluding tert-OH is 1. The minimum absolute atomic E-state index is 0.0216. The van der Waals surface area contributed by atoms with Crippen molar-refractivity contribution in [3.8, 4) is 0 Å². The SMILES string of the molecule is Cc1ccsc1[C@H](O)CNC(=O)CCSc1ccccc1. The highest BCUT2D eigenvalue weighted by Crippen LogP contribution is 2.23. The average Bonchev–Trinajstić information content (AvgIpc) is 2.92. The van der Waals surface area contributed by atoms with Crippen LogP contribution in [-0.2, 0) is 4.79 Å². The lowest BCUT2D eigenvalue weighted by molar-refractivity contribution is -0.121. The Hall–Kier alpha value is -1.30. The summed E-state index contributed by atoms with van der Waals surface area (Å²) in [7, 11) is 0. The number of thioether (sulfide) groups is 1. The van der Waals surface area contributed by atoms with Gasteiger partial charge in [0.25, 0.3) is 0 Å². The number of carbonyl (C=O) groups is 1. The van der Waals surface area contributed by atoms with Gasteiger partial charge >= 0.3 is 0 Å². The van der Waals surface area contributed by atoms with Gasteiger partial charge in [-0.3, -0.25) is 4.79 Å². The molecule has 1 heterocycles. The standard InChI is InChI=1S/C16H19NO2S2/c1-12-7-9-21-16(12)14(18)11-17-15(19)8-10-20-13-5-3-2-4-6-13/h2-7,9,14,18H,8,10-11H2,1H3,(H,17,19)/t14-/m1/s1. The summed E-state index contributed by atoms with van der Waals surface area (Å²) in [5, 5.41) is 14.8. The van der Waals surface area contributed by atoms with E-state index in [1.807, 2.05) is 48.7 Å². The molecule has 0 saturated heterocycles. The topological polar surface area (TPSA) is 49.3 Å². The molecule has 2 aromatic rings. The molecule has 21 heavy (non-hydrogen) atoms. The molecule has 5 heteroatoms. The van der Waals surface area contributed by atoms with Crippen molar-refractivity contribution in [3.63, 3.8) is 0 Å². The molecule has 2 rings (SSSR count). The molecule has 0 aliphatic heterocycles. The van der Waals surface area contributed by atoms with Crippen LogP contribution in [0.4, 0.5) is 0 Å². The predicted octanol–water partition coefficient (Wildman–Crippen LogP) is 3.39. The quantitative estimate of drug-likeness (QED) is 0.769. The Morgan fingerprint density at radius 2 is 2.10 bits per heavy atom. The van der Waals surface area contributed by atoms with Gasteiger partial charge in [0.1, 0.15) is 6.10 Å². The highest BCUT2D eigenvalue weighted by Gasteiger charge is 2.12. The number of aliphatic hydroxyl groups is 1. The molecule has 0 saturated carbocycles. The summed E-state index contributed by atoms with van der Waals surface area (Å²) < 4.78 is 0. The highest BCUT2D eigenvalue weighted by atomic mass is 32.2.